The summed E-state index contributed by atoms with van der Waals surface area (Å²) in [4.78, 5) is 25.6. The van der Waals surface area contributed by atoms with Crippen LogP contribution in [0.25, 0.3) is 0 Å². The summed E-state index contributed by atoms with van der Waals surface area (Å²) in [5, 5.41) is 13.5. The van der Waals surface area contributed by atoms with Crippen LogP contribution in [0.5, 0.6) is 5.75 Å². The summed E-state index contributed by atoms with van der Waals surface area (Å²) < 4.78 is 10.2. The van der Waals surface area contributed by atoms with Crippen molar-refractivity contribution in [2.24, 2.45) is 11.8 Å². The fourth-order valence-electron chi connectivity index (χ4n) is 5.50. The molecule has 39 heavy (non-hydrogen) atoms. The second kappa shape index (κ2) is 15.0. The van der Waals surface area contributed by atoms with Crippen molar-refractivity contribution < 1.29 is 24.2 Å². The number of carbonyl (C=O) groups excluding carboxylic acids is 2. The van der Waals surface area contributed by atoms with E-state index in [2.05, 4.69) is 54.4 Å². The van der Waals surface area contributed by atoms with Gasteiger partial charge < -0.3 is 24.8 Å². The molecule has 1 aliphatic rings. The smallest absolute Gasteiger partial charge is 0.307 e. The Labute approximate surface area is 233 Å². The molecule has 2 aromatic carbocycles. The quantitative estimate of drug-likeness (QED) is 0.266. The summed E-state index contributed by atoms with van der Waals surface area (Å²) in [6.07, 6.45) is 2.97. The van der Waals surface area contributed by atoms with Crippen LogP contribution in [0, 0.1) is 11.8 Å². The number of nitrogens with zero attached hydrogens (tertiary/aromatic N) is 1. The van der Waals surface area contributed by atoms with Crippen LogP contribution in [0.15, 0.2) is 54.6 Å². The Morgan fingerprint density at radius 3 is 2.64 bits per heavy atom. The van der Waals surface area contributed by atoms with Crippen LogP contribution in [0.3, 0.4) is 0 Å². The van der Waals surface area contributed by atoms with Gasteiger partial charge in [-0.3, -0.25) is 9.59 Å². The second-order valence-corrected chi connectivity index (χ2v) is 11.3. The number of phenolic OH excluding ortho intramolecular Hbond substituents is 1. The van der Waals surface area contributed by atoms with Crippen LogP contribution in [0.2, 0.25) is 0 Å². The van der Waals surface area contributed by atoms with E-state index >= 15 is 0 Å². The minimum absolute atomic E-state index is 0.0603. The van der Waals surface area contributed by atoms with E-state index in [0.29, 0.717) is 24.1 Å². The van der Waals surface area contributed by atoms with Gasteiger partial charge in [0.05, 0.1) is 6.42 Å². The van der Waals surface area contributed by atoms with Gasteiger partial charge in [0.1, 0.15) is 18.5 Å². The molecule has 1 aliphatic heterocycles. The van der Waals surface area contributed by atoms with E-state index in [1.165, 1.54) is 18.1 Å². The van der Waals surface area contributed by atoms with E-state index in [1.54, 1.807) is 13.0 Å². The topological polar surface area (TPSA) is 88.1 Å². The number of esters is 2. The molecule has 7 nitrogen and oxygen atoms in total. The predicted molar refractivity (Wildman–Crippen MR) is 154 cm³/mol. The Balaban J connectivity index is 1.47. The van der Waals surface area contributed by atoms with Gasteiger partial charge in [-0.1, -0.05) is 56.3 Å². The highest BCUT2D eigenvalue weighted by Gasteiger charge is 2.38. The number of rotatable bonds is 14. The zero-order valence-electron chi connectivity index (χ0n) is 24.0. The van der Waals surface area contributed by atoms with Gasteiger partial charge in [0, 0.05) is 20.0 Å². The van der Waals surface area contributed by atoms with Crippen molar-refractivity contribution in [2.75, 3.05) is 39.3 Å². The standard InChI is InChI=1S/C32H46N2O5/c1-24-22-34(18-15-32(24,4)29-11-8-12-30(36)20-29)17-14-28(19-27-9-6-5-7-10-27)21-33-16-13-31(37)38-23-25(2)39-26(3)35/h5-12,20,24-25,28,33,36H,13-19,21-23H2,1-4H3. The minimum Gasteiger partial charge on any atom is -0.508 e. The first-order chi connectivity index (χ1) is 18.7. The van der Waals surface area contributed by atoms with Crippen molar-refractivity contribution >= 4 is 11.9 Å². The maximum Gasteiger partial charge on any atom is 0.307 e. The van der Waals surface area contributed by atoms with Crippen molar-refractivity contribution in [1.29, 1.82) is 0 Å². The molecule has 3 rings (SSSR count). The predicted octanol–water partition coefficient (Wildman–Crippen LogP) is 4.72. The fourth-order valence-corrected chi connectivity index (χ4v) is 5.50. The maximum absolute atomic E-state index is 12.1. The van der Waals surface area contributed by atoms with Crippen LogP contribution in [0.4, 0.5) is 0 Å². The molecule has 1 saturated heterocycles. The van der Waals surface area contributed by atoms with E-state index in [0.717, 1.165) is 45.4 Å². The zero-order chi connectivity index (χ0) is 28.3. The molecule has 0 spiro atoms. The molecule has 7 heteroatoms. The number of carbonyl (C=O) groups is 2. The Bertz CT molecular complexity index is 1050. The Morgan fingerprint density at radius 1 is 1.18 bits per heavy atom. The number of ether oxygens (including phenoxy) is 2. The summed E-state index contributed by atoms with van der Waals surface area (Å²) >= 11 is 0. The van der Waals surface area contributed by atoms with Gasteiger partial charge in [-0.2, -0.15) is 0 Å². The number of benzene rings is 2. The van der Waals surface area contributed by atoms with Gasteiger partial charge in [-0.25, -0.2) is 0 Å². The Kier molecular flexibility index (Phi) is 11.8. The highest BCUT2D eigenvalue weighted by Crippen LogP contribution is 2.40. The summed E-state index contributed by atoms with van der Waals surface area (Å²) in [5.41, 5.74) is 2.61. The molecule has 0 radical (unpaired) electrons. The summed E-state index contributed by atoms with van der Waals surface area (Å²) in [6.45, 7) is 12.3. The van der Waals surface area contributed by atoms with Crippen molar-refractivity contribution in [3.05, 3.63) is 65.7 Å². The van der Waals surface area contributed by atoms with Crippen LogP contribution in [-0.2, 0) is 30.9 Å². The first-order valence-electron chi connectivity index (χ1n) is 14.2. The average molecular weight is 539 g/mol. The molecule has 2 aromatic rings. The largest absolute Gasteiger partial charge is 0.508 e. The first kappa shape index (κ1) is 30.6. The number of hydrogen-bond donors (Lipinski definition) is 2. The molecule has 0 saturated carbocycles. The average Bonchev–Trinajstić information content (AvgIpc) is 2.90. The fraction of sp³-hybridized carbons (Fsp3) is 0.562. The van der Waals surface area contributed by atoms with Gasteiger partial charge in [-0.05, 0) is 86.3 Å². The van der Waals surface area contributed by atoms with Crippen LogP contribution in [-0.4, -0.2) is 67.4 Å². The van der Waals surface area contributed by atoms with E-state index in [-0.39, 0.29) is 30.4 Å². The molecule has 4 unspecified atom stereocenters. The van der Waals surface area contributed by atoms with Gasteiger partial charge in [0.15, 0.2) is 0 Å². The van der Waals surface area contributed by atoms with Crippen LogP contribution in [0.1, 0.15) is 58.1 Å². The summed E-state index contributed by atoms with van der Waals surface area (Å²) in [7, 11) is 0. The lowest BCUT2D eigenvalue weighted by Gasteiger charge is -2.45. The van der Waals surface area contributed by atoms with E-state index in [9.17, 15) is 14.7 Å². The molecule has 0 bridgehead atoms. The molecule has 4 atom stereocenters. The van der Waals surface area contributed by atoms with Crippen molar-refractivity contribution in [2.45, 2.75) is 64.9 Å². The molecule has 2 N–H and O–H groups in total. The Morgan fingerprint density at radius 2 is 1.95 bits per heavy atom. The third kappa shape index (κ3) is 9.97. The van der Waals surface area contributed by atoms with Gasteiger partial charge in [-0.15, -0.1) is 0 Å². The van der Waals surface area contributed by atoms with Crippen LogP contribution >= 0.6 is 0 Å². The second-order valence-electron chi connectivity index (χ2n) is 11.3. The minimum atomic E-state index is -0.440. The van der Waals surface area contributed by atoms with Crippen LogP contribution < -0.4 is 5.32 Å². The first-order valence-corrected chi connectivity index (χ1v) is 14.2. The summed E-state index contributed by atoms with van der Waals surface area (Å²) in [6, 6.07) is 18.3. The molecule has 1 fully saturated rings. The molecule has 0 aromatic heterocycles. The molecule has 214 valence electrons. The molecule has 0 aliphatic carbocycles. The molecule has 1 heterocycles. The zero-order valence-corrected chi connectivity index (χ0v) is 24.0. The molecular formula is C32H46N2O5. The van der Waals surface area contributed by atoms with Gasteiger partial charge in [0.25, 0.3) is 0 Å². The third-order valence-corrected chi connectivity index (χ3v) is 8.08. The number of piperidine rings is 1. The van der Waals surface area contributed by atoms with Crippen molar-refractivity contribution in [3.63, 3.8) is 0 Å². The van der Waals surface area contributed by atoms with E-state index in [1.807, 2.05) is 18.2 Å². The number of nitrogens with one attached hydrogen (secondary N) is 1. The third-order valence-electron chi connectivity index (χ3n) is 8.08. The monoisotopic (exact) mass is 538 g/mol. The van der Waals surface area contributed by atoms with Gasteiger partial charge in [0.2, 0.25) is 0 Å². The lowest BCUT2D eigenvalue weighted by molar-refractivity contribution is -0.156. The SMILES string of the molecule is CC(=O)OC(C)COC(=O)CCNCC(CCN1CCC(C)(c2cccc(O)c2)C(C)C1)Cc1ccccc1. The highest BCUT2D eigenvalue weighted by molar-refractivity contribution is 5.69. The number of likely N-dealkylation sites (tertiary alicyclic amines) is 1. The number of hydrogen-bond acceptors (Lipinski definition) is 7. The van der Waals surface area contributed by atoms with E-state index < -0.39 is 6.10 Å². The molecule has 0 amide bonds. The van der Waals surface area contributed by atoms with Gasteiger partial charge >= 0.3 is 11.9 Å². The van der Waals surface area contributed by atoms with E-state index in [4.69, 9.17) is 9.47 Å². The lowest BCUT2D eigenvalue weighted by atomic mass is 9.68. The van der Waals surface area contributed by atoms with Crippen molar-refractivity contribution in [1.82, 2.24) is 10.2 Å². The normalized spacial score (nSPS) is 21.2. The Hall–Kier alpha value is -2.90. The number of aromatic hydroxyl groups is 1. The van der Waals surface area contributed by atoms with Crippen molar-refractivity contribution in [3.8, 4) is 5.75 Å². The lowest BCUT2D eigenvalue weighted by Crippen LogP contribution is -2.47. The maximum atomic E-state index is 12.1. The molecular weight excluding hydrogens is 492 g/mol. The number of phenols is 1. The highest BCUT2D eigenvalue weighted by atomic mass is 16.6. The summed E-state index contributed by atoms with van der Waals surface area (Å²) in [5.74, 6) is 0.590.